The molecule has 2 aromatic carbocycles. The van der Waals surface area contributed by atoms with Crippen molar-refractivity contribution in [3.8, 4) is 5.75 Å². The lowest BCUT2D eigenvalue weighted by atomic mass is 10.0. The first-order valence-corrected chi connectivity index (χ1v) is 14.1. The number of aliphatic hydroxyl groups excluding tert-OH is 1. The minimum atomic E-state index is -1.34. The van der Waals surface area contributed by atoms with E-state index >= 15 is 0 Å². The van der Waals surface area contributed by atoms with E-state index < -0.39 is 42.2 Å². The number of unbranched alkanes of at least 4 members (excludes halogenated alkanes) is 5. The summed E-state index contributed by atoms with van der Waals surface area (Å²) in [6.07, 6.45) is 4.88. The first-order valence-electron chi connectivity index (χ1n) is 14.1. The molecule has 2 aromatic rings. The highest BCUT2D eigenvalue weighted by atomic mass is 16.6. The molecule has 2 atom stereocenters. The minimum Gasteiger partial charge on any atom is -0.508 e. The zero-order valence-corrected chi connectivity index (χ0v) is 24.2. The van der Waals surface area contributed by atoms with E-state index in [1.807, 2.05) is 30.3 Å². The number of aromatic hydroxyl groups is 1. The van der Waals surface area contributed by atoms with Crippen LogP contribution in [0.3, 0.4) is 0 Å². The van der Waals surface area contributed by atoms with E-state index in [-0.39, 0.29) is 24.4 Å². The largest absolute Gasteiger partial charge is 0.508 e. The van der Waals surface area contributed by atoms with Crippen molar-refractivity contribution in [2.24, 2.45) is 0 Å². The lowest BCUT2D eigenvalue weighted by molar-refractivity contribution is -0.143. The number of hydrogen-bond donors (Lipinski definition) is 4. The highest BCUT2D eigenvalue weighted by Crippen LogP contribution is 2.30. The minimum absolute atomic E-state index is 0.135. The van der Waals surface area contributed by atoms with Crippen molar-refractivity contribution in [3.05, 3.63) is 65.7 Å². The van der Waals surface area contributed by atoms with Gasteiger partial charge in [-0.3, -0.25) is 9.59 Å². The molecule has 0 aliphatic carbocycles. The van der Waals surface area contributed by atoms with E-state index in [1.54, 1.807) is 39.0 Å². The number of para-hydroxylation sites is 1. The predicted molar refractivity (Wildman–Crippen MR) is 154 cm³/mol. The molecular formula is C31H45N3O6. The fourth-order valence-corrected chi connectivity index (χ4v) is 4.32. The maximum atomic E-state index is 13.9. The summed E-state index contributed by atoms with van der Waals surface area (Å²) in [5.41, 5.74) is 0.322. The van der Waals surface area contributed by atoms with Crippen LogP contribution in [-0.4, -0.2) is 57.8 Å². The monoisotopic (exact) mass is 555 g/mol. The average molecular weight is 556 g/mol. The lowest BCUT2D eigenvalue weighted by Crippen LogP contribution is -2.54. The first kappa shape index (κ1) is 32.6. The quantitative estimate of drug-likeness (QED) is 0.233. The van der Waals surface area contributed by atoms with Crippen molar-refractivity contribution >= 4 is 17.9 Å². The number of aliphatic hydroxyl groups is 1. The number of alkyl carbamates (subject to hydrolysis) is 1. The van der Waals surface area contributed by atoms with Gasteiger partial charge in [0.25, 0.3) is 0 Å². The van der Waals surface area contributed by atoms with Crippen LogP contribution in [0.2, 0.25) is 0 Å². The molecule has 3 amide bonds. The van der Waals surface area contributed by atoms with Gasteiger partial charge in [-0.2, -0.15) is 0 Å². The Bertz CT molecular complexity index is 1070. The highest BCUT2D eigenvalue weighted by Gasteiger charge is 2.37. The van der Waals surface area contributed by atoms with Crippen molar-refractivity contribution in [1.82, 2.24) is 15.5 Å². The number of phenolic OH excluding ortho intramolecular Hbond substituents is 1. The predicted octanol–water partition coefficient (Wildman–Crippen LogP) is 4.82. The fourth-order valence-electron chi connectivity index (χ4n) is 4.32. The molecule has 0 spiro atoms. The molecule has 0 aromatic heterocycles. The summed E-state index contributed by atoms with van der Waals surface area (Å²) in [7, 11) is 0. The van der Waals surface area contributed by atoms with Crippen LogP contribution in [0, 0.1) is 0 Å². The van der Waals surface area contributed by atoms with E-state index in [0.717, 1.165) is 37.7 Å². The van der Waals surface area contributed by atoms with Crippen LogP contribution in [0.4, 0.5) is 4.79 Å². The molecule has 4 N–H and O–H groups in total. The summed E-state index contributed by atoms with van der Waals surface area (Å²) >= 11 is 0. The molecule has 0 radical (unpaired) electrons. The Hall–Kier alpha value is -3.59. The van der Waals surface area contributed by atoms with Gasteiger partial charge in [0.15, 0.2) is 0 Å². The average Bonchev–Trinajstić information content (AvgIpc) is 2.91. The normalized spacial score (nSPS) is 12.7. The molecule has 40 heavy (non-hydrogen) atoms. The van der Waals surface area contributed by atoms with Gasteiger partial charge in [-0.15, -0.1) is 0 Å². The molecule has 0 bridgehead atoms. The third kappa shape index (κ3) is 10.9. The zero-order chi connectivity index (χ0) is 29.5. The molecule has 0 aliphatic heterocycles. The van der Waals surface area contributed by atoms with Crippen LogP contribution in [-0.2, 0) is 20.9 Å². The maximum absolute atomic E-state index is 13.9. The van der Waals surface area contributed by atoms with E-state index in [1.165, 1.54) is 11.0 Å². The Labute approximate surface area is 237 Å². The number of carbonyl (C=O) groups is 3. The van der Waals surface area contributed by atoms with Gasteiger partial charge >= 0.3 is 6.09 Å². The number of phenols is 1. The molecular weight excluding hydrogens is 510 g/mol. The summed E-state index contributed by atoms with van der Waals surface area (Å²) in [6, 6.07) is 13.2. The molecule has 9 nitrogen and oxygen atoms in total. The SMILES string of the molecule is CCCCCCCCN(C(=O)C(CO)NC(=O)OC(C)(C)C)C(C(=O)NCc1ccccc1)c1ccccc1O. The Morgan fingerprint density at radius 2 is 1.55 bits per heavy atom. The van der Waals surface area contributed by atoms with Gasteiger partial charge < -0.3 is 30.5 Å². The number of rotatable bonds is 15. The molecule has 0 saturated heterocycles. The van der Waals surface area contributed by atoms with Crippen LogP contribution in [0.15, 0.2) is 54.6 Å². The van der Waals surface area contributed by atoms with Gasteiger partial charge in [0.2, 0.25) is 11.8 Å². The smallest absolute Gasteiger partial charge is 0.408 e. The fraction of sp³-hybridized carbons (Fsp3) is 0.516. The van der Waals surface area contributed by atoms with E-state index in [0.29, 0.717) is 6.42 Å². The topological polar surface area (TPSA) is 128 Å². The second-order valence-corrected chi connectivity index (χ2v) is 10.8. The van der Waals surface area contributed by atoms with Gasteiger partial charge in [-0.25, -0.2) is 4.79 Å². The first-order chi connectivity index (χ1) is 19.1. The van der Waals surface area contributed by atoms with E-state index in [2.05, 4.69) is 17.6 Å². The second kappa shape index (κ2) is 16.5. The molecule has 2 unspecified atom stereocenters. The summed E-state index contributed by atoms with van der Waals surface area (Å²) in [5.74, 6) is -1.27. The number of carbonyl (C=O) groups excluding carboxylic acids is 3. The Morgan fingerprint density at radius 3 is 2.17 bits per heavy atom. The molecule has 0 aliphatic rings. The van der Waals surface area contributed by atoms with Gasteiger partial charge in [0, 0.05) is 18.7 Å². The lowest BCUT2D eigenvalue weighted by Gasteiger charge is -2.34. The van der Waals surface area contributed by atoms with Crippen LogP contribution in [0.5, 0.6) is 5.75 Å². The second-order valence-electron chi connectivity index (χ2n) is 10.8. The zero-order valence-electron chi connectivity index (χ0n) is 24.2. The Balaban J connectivity index is 2.38. The van der Waals surface area contributed by atoms with Gasteiger partial charge in [-0.1, -0.05) is 87.6 Å². The summed E-state index contributed by atoms with van der Waals surface area (Å²) in [5, 5.41) is 26.1. The van der Waals surface area contributed by atoms with Gasteiger partial charge in [0.05, 0.1) is 6.61 Å². The number of benzene rings is 2. The van der Waals surface area contributed by atoms with E-state index in [9.17, 15) is 24.6 Å². The standard InChI is InChI=1S/C31H45N3O6/c1-5-6-7-8-9-15-20-34(29(38)25(22-35)33-30(39)40-31(2,3)4)27(24-18-13-14-19-26(24)36)28(37)32-21-23-16-11-10-12-17-23/h10-14,16-19,25,27,35-36H,5-9,15,20-22H2,1-4H3,(H,32,37)(H,33,39). The third-order valence-electron chi connectivity index (χ3n) is 6.31. The van der Waals surface area contributed by atoms with Crippen LogP contribution in [0.25, 0.3) is 0 Å². The number of amides is 3. The van der Waals surface area contributed by atoms with Crippen molar-refractivity contribution in [1.29, 1.82) is 0 Å². The van der Waals surface area contributed by atoms with Crippen LogP contribution < -0.4 is 10.6 Å². The number of nitrogens with zero attached hydrogens (tertiary/aromatic N) is 1. The van der Waals surface area contributed by atoms with Crippen molar-refractivity contribution < 1.29 is 29.3 Å². The Morgan fingerprint density at radius 1 is 0.925 bits per heavy atom. The van der Waals surface area contributed by atoms with Crippen LogP contribution in [0.1, 0.15) is 83.4 Å². The molecule has 0 fully saturated rings. The third-order valence-corrected chi connectivity index (χ3v) is 6.31. The number of ether oxygens (including phenoxy) is 1. The Kier molecular flexibility index (Phi) is 13.5. The van der Waals surface area contributed by atoms with E-state index in [4.69, 9.17) is 4.74 Å². The van der Waals surface area contributed by atoms with Crippen molar-refractivity contribution in [2.45, 2.75) is 90.4 Å². The van der Waals surface area contributed by atoms with Crippen molar-refractivity contribution in [2.75, 3.05) is 13.2 Å². The maximum Gasteiger partial charge on any atom is 0.408 e. The highest BCUT2D eigenvalue weighted by molar-refractivity contribution is 5.92. The molecule has 9 heteroatoms. The molecule has 0 saturated carbocycles. The molecule has 220 valence electrons. The summed E-state index contributed by atoms with van der Waals surface area (Å²) in [4.78, 5) is 41.4. The van der Waals surface area contributed by atoms with Crippen molar-refractivity contribution in [3.63, 3.8) is 0 Å². The number of hydrogen-bond acceptors (Lipinski definition) is 6. The molecule has 2 rings (SSSR count). The van der Waals surface area contributed by atoms with Gasteiger partial charge in [-0.05, 0) is 38.8 Å². The van der Waals surface area contributed by atoms with Crippen LogP contribution >= 0.6 is 0 Å². The molecule has 0 heterocycles. The summed E-state index contributed by atoms with van der Waals surface area (Å²) < 4.78 is 5.28. The van der Waals surface area contributed by atoms with Gasteiger partial charge in [0.1, 0.15) is 23.4 Å². The number of nitrogens with one attached hydrogen (secondary N) is 2. The summed E-state index contributed by atoms with van der Waals surface area (Å²) in [6.45, 7) is 6.94.